The van der Waals surface area contributed by atoms with Crippen LogP contribution >= 0.6 is 0 Å². The normalized spacial score (nSPS) is 13.8. The average Bonchev–Trinajstić information content (AvgIpc) is 3.99. The van der Waals surface area contributed by atoms with Crippen molar-refractivity contribution in [1.29, 1.82) is 0 Å². The SMILES string of the molecule is CC1(C)c2cc3ccc(N(c4ccccc4)c4ccccc4)cc3cc2-c2c1n1c3oc4cc(C(CCc5ccccc5)c5ccccc5)ccc4c3c3cccc2c31. The van der Waals surface area contributed by atoms with Gasteiger partial charge in [-0.15, -0.1) is 0 Å². The van der Waals surface area contributed by atoms with Gasteiger partial charge < -0.3 is 9.32 Å². The summed E-state index contributed by atoms with van der Waals surface area (Å²) in [7, 11) is 0. The number of para-hydroxylation sites is 3. The van der Waals surface area contributed by atoms with Gasteiger partial charge in [-0.25, -0.2) is 0 Å². The number of fused-ring (bicyclic) bond motifs is 11. The minimum Gasteiger partial charge on any atom is -0.439 e. The van der Waals surface area contributed by atoms with Crippen LogP contribution in [0.2, 0.25) is 0 Å². The third-order valence-corrected chi connectivity index (χ3v) is 13.1. The Morgan fingerprint density at radius 1 is 0.559 bits per heavy atom. The standard InChI is InChI=1S/C56H42N2O/c1-56(2)49-34-38-27-29-43(57(41-20-11-5-12-21-41)42-22-13-6-14-23-42)32-40(38)33-48(49)51-46-24-15-25-47-52-45-31-28-39(35-50(45)59-55(52)58(53(46)47)54(51)56)44(37-18-9-4-10-19-37)30-26-36-16-7-3-8-17-36/h3-25,27-29,31-35,44H,26,30H2,1-2H3. The molecule has 3 heterocycles. The lowest BCUT2D eigenvalue weighted by Crippen LogP contribution is -2.17. The Balaban J connectivity index is 1.02. The molecule has 59 heavy (non-hydrogen) atoms. The second-order valence-electron chi connectivity index (χ2n) is 16.8. The molecular formula is C56H42N2O. The molecule has 0 amide bonds. The van der Waals surface area contributed by atoms with Crippen LogP contribution in [0.5, 0.6) is 0 Å². The molecular weight excluding hydrogens is 717 g/mol. The molecule has 1 aliphatic rings. The van der Waals surface area contributed by atoms with E-state index < -0.39 is 0 Å². The van der Waals surface area contributed by atoms with Gasteiger partial charge in [-0.1, -0.05) is 147 Å². The van der Waals surface area contributed by atoms with E-state index in [0.717, 1.165) is 41.2 Å². The summed E-state index contributed by atoms with van der Waals surface area (Å²) in [6.07, 6.45) is 2.03. The van der Waals surface area contributed by atoms with E-state index in [2.05, 4.69) is 211 Å². The minimum atomic E-state index is -0.254. The van der Waals surface area contributed by atoms with Gasteiger partial charge in [-0.2, -0.15) is 0 Å². The largest absolute Gasteiger partial charge is 0.439 e. The zero-order chi connectivity index (χ0) is 39.2. The molecule has 282 valence electrons. The molecule has 0 fully saturated rings. The molecule has 1 aliphatic carbocycles. The first-order chi connectivity index (χ1) is 29.0. The van der Waals surface area contributed by atoms with Gasteiger partial charge in [0.1, 0.15) is 5.58 Å². The second kappa shape index (κ2) is 13.0. The van der Waals surface area contributed by atoms with E-state index in [1.807, 2.05) is 0 Å². The highest BCUT2D eigenvalue weighted by Crippen LogP contribution is 2.56. The van der Waals surface area contributed by atoms with Crippen molar-refractivity contribution >= 4 is 66.2 Å². The molecule has 8 aromatic carbocycles. The van der Waals surface area contributed by atoms with E-state index in [4.69, 9.17) is 4.42 Å². The zero-order valence-corrected chi connectivity index (χ0v) is 33.2. The molecule has 3 nitrogen and oxygen atoms in total. The predicted octanol–water partition coefficient (Wildman–Crippen LogP) is 15.1. The van der Waals surface area contributed by atoms with E-state index in [1.165, 1.54) is 76.9 Å². The predicted molar refractivity (Wildman–Crippen MR) is 246 cm³/mol. The average molecular weight is 759 g/mol. The summed E-state index contributed by atoms with van der Waals surface area (Å²) in [4.78, 5) is 2.35. The van der Waals surface area contributed by atoms with Crippen molar-refractivity contribution in [1.82, 2.24) is 4.40 Å². The van der Waals surface area contributed by atoms with Crippen LogP contribution in [-0.2, 0) is 11.8 Å². The number of nitrogens with zero attached hydrogens (tertiary/aromatic N) is 2. The molecule has 0 radical (unpaired) electrons. The van der Waals surface area contributed by atoms with Gasteiger partial charge in [0, 0.05) is 55.8 Å². The molecule has 1 unspecified atom stereocenters. The van der Waals surface area contributed by atoms with Gasteiger partial charge in [0.25, 0.3) is 0 Å². The fraction of sp³-hybridized carbons (Fsp3) is 0.107. The molecule has 11 aromatic rings. The Bertz CT molecular complexity index is 3300. The number of benzene rings is 8. The molecule has 0 saturated carbocycles. The monoisotopic (exact) mass is 758 g/mol. The van der Waals surface area contributed by atoms with Crippen molar-refractivity contribution in [2.75, 3.05) is 4.90 Å². The lowest BCUT2D eigenvalue weighted by atomic mass is 9.84. The first-order valence-corrected chi connectivity index (χ1v) is 20.9. The van der Waals surface area contributed by atoms with Crippen LogP contribution in [0.15, 0.2) is 192 Å². The zero-order valence-electron chi connectivity index (χ0n) is 33.2. The topological polar surface area (TPSA) is 20.8 Å². The van der Waals surface area contributed by atoms with E-state index in [9.17, 15) is 0 Å². The lowest BCUT2D eigenvalue weighted by Gasteiger charge is -2.26. The highest BCUT2D eigenvalue weighted by atomic mass is 16.3. The maximum atomic E-state index is 7.11. The van der Waals surface area contributed by atoms with Gasteiger partial charge in [-0.05, 0) is 106 Å². The van der Waals surface area contributed by atoms with Gasteiger partial charge in [0.2, 0.25) is 5.71 Å². The summed E-state index contributed by atoms with van der Waals surface area (Å²) in [5.74, 6) is 0.256. The summed E-state index contributed by atoms with van der Waals surface area (Å²) in [6, 6.07) is 68.7. The van der Waals surface area contributed by atoms with Crippen molar-refractivity contribution in [2.24, 2.45) is 0 Å². The summed E-state index contributed by atoms with van der Waals surface area (Å²) < 4.78 is 9.58. The molecule has 3 heteroatoms. The summed E-state index contributed by atoms with van der Waals surface area (Å²) in [5.41, 5.74) is 15.6. The van der Waals surface area contributed by atoms with Gasteiger partial charge in [0.05, 0.1) is 10.9 Å². The molecule has 0 aliphatic heterocycles. The van der Waals surface area contributed by atoms with Crippen molar-refractivity contribution in [3.63, 3.8) is 0 Å². The van der Waals surface area contributed by atoms with Crippen molar-refractivity contribution < 1.29 is 4.42 Å². The maximum Gasteiger partial charge on any atom is 0.213 e. The van der Waals surface area contributed by atoms with Crippen LogP contribution in [0.3, 0.4) is 0 Å². The Labute approximate surface area is 343 Å². The fourth-order valence-electron chi connectivity index (χ4n) is 10.4. The van der Waals surface area contributed by atoms with Crippen LogP contribution in [0.25, 0.3) is 60.3 Å². The van der Waals surface area contributed by atoms with E-state index in [0.29, 0.717) is 0 Å². The van der Waals surface area contributed by atoms with Crippen molar-refractivity contribution in [3.8, 4) is 11.1 Å². The van der Waals surface area contributed by atoms with Crippen LogP contribution in [-0.4, -0.2) is 4.40 Å². The van der Waals surface area contributed by atoms with E-state index in [1.54, 1.807) is 0 Å². The quantitative estimate of drug-likeness (QED) is 0.154. The van der Waals surface area contributed by atoms with E-state index >= 15 is 0 Å². The lowest BCUT2D eigenvalue weighted by molar-refractivity contribution is 0.606. The molecule has 0 bridgehead atoms. The van der Waals surface area contributed by atoms with E-state index in [-0.39, 0.29) is 11.3 Å². The third-order valence-electron chi connectivity index (χ3n) is 13.1. The van der Waals surface area contributed by atoms with Gasteiger partial charge in [0.15, 0.2) is 0 Å². The highest BCUT2D eigenvalue weighted by molar-refractivity contribution is 6.25. The number of hydrogen-bond donors (Lipinski definition) is 0. The van der Waals surface area contributed by atoms with Crippen LogP contribution in [0.4, 0.5) is 17.1 Å². The Morgan fingerprint density at radius 3 is 1.97 bits per heavy atom. The molecule has 12 rings (SSSR count). The first-order valence-electron chi connectivity index (χ1n) is 20.9. The minimum absolute atomic E-state index is 0.254. The Hall–Kier alpha value is -7.10. The summed E-state index contributed by atoms with van der Waals surface area (Å²) in [6.45, 7) is 4.78. The summed E-state index contributed by atoms with van der Waals surface area (Å²) in [5, 5.41) is 7.40. The molecule has 0 spiro atoms. The number of hydrogen-bond acceptors (Lipinski definition) is 2. The maximum absolute atomic E-state index is 7.11. The van der Waals surface area contributed by atoms with Crippen LogP contribution in [0, 0.1) is 0 Å². The molecule has 0 N–H and O–H groups in total. The van der Waals surface area contributed by atoms with Gasteiger partial charge >= 0.3 is 0 Å². The molecule has 1 atom stereocenters. The number of rotatable bonds is 8. The number of furan rings is 1. The number of aryl methyl sites for hydroxylation is 1. The molecule has 0 saturated heterocycles. The molecule has 3 aromatic heterocycles. The van der Waals surface area contributed by atoms with Gasteiger partial charge in [-0.3, -0.25) is 4.40 Å². The summed E-state index contributed by atoms with van der Waals surface area (Å²) >= 11 is 0. The van der Waals surface area contributed by atoms with Crippen LogP contribution < -0.4 is 4.90 Å². The smallest absolute Gasteiger partial charge is 0.213 e. The number of anilines is 3. The first kappa shape index (κ1) is 34.0. The Morgan fingerprint density at radius 2 is 1.24 bits per heavy atom. The van der Waals surface area contributed by atoms with Crippen molar-refractivity contribution in [2.45, 2.75) is 38.0 Å². The highest BCUT2D eigenvalue weighted by Gasteiger charge is 2.42. The van der Waals surface area contributed by atoms with Crippen molar-refractivity contribution in [3.05, 3.63) is 216 Å². The third kappa shape index (κ3) is 5.14. The Kier molecular flexibility index (Phi) is 7.46. The number of aromatic nitrogens is 1. The van der Waals surface area contributed by atoms with Crippen LogP contribution in [0.1, 0.15) is 54.1 Å². The second-order valence-corrected chi connectivity index (χ2v) is 16.8. The fourth-order valence-corrected chi connectivity index (χ4v) is 10.4.